The zero-order chi connectivity index (χ0) is 10.4. The van der Waals surface area contributed by atoms with Crippen LogP contribution in [-0.4, -0.2) is 16.6 Å². The predicted molar refractivity (Wildman–Crippen MR) is 57.8 cm³/mol. The molecule has 3 nitrogen and oxygen atoms in total. The summed E-state index contributed by atoms with van der Waals surface area (Å²) in [6.07, 6.45) is 8.98. The van der Waals surface area contributed by atoms with Gasteiger partial charge in [-0.1, -0.05) is 0 Å². The zero-order valence-electron chi connectivity index (χ0n) is 8.88. The quantitative estimate of drug-likeness (QED) is 0.562. The minimum Gasteiger partial charge on any atom is -0.331 e. The topological polar surface area (TPSA) is 29.9 Å². The molecule has 14 heavy (non-hydrogen) atoms. The lowest BCUT2D eigenvalue weighted by molar-refractivity contribution is 0.597. The molecule has 0 saturated carbocycles. The zero-order valence-corrected chi connectivity index (χ0v) is 8.88. The van der Waals surface area contributed by atoms with E-state index in [9.17, 15) is 0 Å². The summed E-state index contributed by atoms with van der Waals surface area (Å²) in [5, 5.41) is 3.13. The molecule has 3 heteroatoms. The van der Waals surface area contributed by atoms with Crippen molar-refractivity contribution in [1.29, 1.82) is 0 Å². The van der Waals surface area contributed by atoms with Crippen LogP contribution in [0, 0.1) is 19.3 Å². The average Bonchev–Trinajstić information content (AvgIpc) is 2.50. The number of nitrogens with one attached hydrogen (secondary N) is 1. The van der Waals surface area contributed by atoms with Crippen molar-refractivity contribution in [3.63, 3.8) is 0 Å². The van der Waals surface area contributed by atoms with Gasteiger partial charge in [0.1, 0.15) is 5.82 Å². The van der Waals surface area contributed by atoms with Gasteiger partial charge < -0.3 is 9.88 Å². The highest BCUT2D eigenvalue weighted by atomic mass is 15.1. The van der Waals surface area contributed by atoms with Crippen LogP contribution in [0.2, 0.25) is 0 Å². The van der Waals surface area contributed by atoms with Gasteiger partial charge in [0.15, 0.2) is 0 Å². The molecule has 1 N–H and O–H groups in total. The molecule has 1 aromatic rings. The molecular weight excluding hydrogens is 174 g/mol. The van der Waals surface area contributed by atoms with Crippen molar-refractivity contribution in [1.82, 2.24) is 14.9 Å². The summed E-state index contributed by atoms with van der Waals surface area (Å²) < 4.78 is 2.22. The number of hydrogen-bond donors (Lipinski definition) is 1. The van der Waals surface area contributed by atoms with Crippen molar-refractivity contribution >= 4 is 0 Å². The number of imidazole rings is 1. The molecule has 0 aliphatic rings. The van der Waals surface area contributed by atoms with Crippen molar-refractivity contribution in [2.24, 2.45) is 0 Å². The molecule has 0 fully saturated rings. The molecule has 0 saturated heterocycles. The van der Waals surface area contributed by atoms with Crippen LogP contribution in [0.4, 0.5) is 0 Å². The molecular formula is C11H17N3. The fraction of sp³-hybridized carbons (Fsp3) is 0.545. The molecule has 0 aromatic carbocycles. The number of hydrogen-bond acceptors (Lipinski definition) is 2. The number of terminal acetylenes is 1. The number of rotatable bonds is 5. The van der Waals surface area contributed by atoms with Crippen LogP contribution in [0.3, 0.4) is 0 Å². The fourth-order valence-electron chi connectivity index (χ4n) is 1.48. The first-order valence-corrected chi connectivity index (χ1v) is 4.88. The first kappa shape index (κ1) is 10.8. The summed E-state index contributed by atoms with van der Waals surface area (Å²) in [6, 6.07) is 0. The van der Waals surface area contributed by atoms with Crippen molar-refractivity contribution in [3.05, 3.63) is 17.7 Å². The third-order valence-electron chi connectivity index (χ3n) is 2.20. The SMILES string of the molecule is C#CCCCn1c(CNC)cnc1C. The summed E-state index contributed by atoms with van der Waals surface area (Å²) >= 11 is 0. The summed E-state index contributed by atoms with van der Waals surface area (Å²) in [6.45, 7) is 3.85. The lowest BCUT2D eigenvalue weighted by atomic mass is 10.3. The fourth-order valence-corrected chi connectivity index (χ4v) is 1.48. The van der Waals surface area contributed by atoms with Gasteiger partial charge in [0.05, 0.1) is 5.69 Å². The van der Waals surface area contributed by atoms with Gasteiger partial charge in [-0.3, -0.25) is 0 Å². The number of aromatic nitrogens is 2. The number of nitrogens with zero attached hydrogens (tertiary/aromatic N) is 2. The Morgan fingerprint density at radius 3 is 3.07 bits per heavy atom. The third-order valence-corrected chi connectivity index (χ3v) is 2.20. The van der Waals surface area contributed by atoms with Crippen molar-refractivity contribution in [3.8, 4) is 12.3 Å². The standard InChI is InChI=1S/C11H17N3/c1-4-5-6-7-14-10(2)13-9-11(14)8-12-3/h1,9,12H,5-8H2,2-3H3. The highest BCUT2D eigenvalue weighted by Gasteiger charge is 2.04. The Morgan fingerprint density at radius 1 is 1.64 bits per heavy atom. The Bertz CT molecular complexity index is 320. The van der Waals surface area contributed by atoms with Gasteiger partial charge in [0, 0.05) is 25.7 Å². The Morgan fingerprint density at radius 2 is 2.43 bits per heavy atom. The third kappa shape index (κ3) is 2.61. The molecule has 0 spiro atoms. The van der Waals surface area contributed by atoms with Gasteiger partial charge in [-0.2, -0.15) is 0 Å². The van der Waals surface area contributed by atoms with Gasteiger partial charge in [-0.15, -0.1) is 12.3 Å². The van der Waals surface area contributed by atoms with E-state index in [2.05, 4.69) is 20.8 Å². The summed E-state index contributed by atoms with van der Waals surface area (Å²) in [5.41, 5.74) is 1.22. The lowest BCUT2D eigenvalue weighted by Gasteiger charge is -2.08. The maximum absolute atomic E-state index is 5.22. The molecule has 1 aromatic heterocycles. The number of aryl methyl sites for hydroxylation is 1. The van der Waals surface area contributed by atoms with E-state index in [1.54, 1.807) is 0 Å². The van der Waals surface area contributed by atoms with Crippen LogP contribution < -0.4 is 5.32 Å². The maximum Gasteiger partial charge on any atom is 0.105 e. The van der Waals surface area contributed by atoms with E-state index in [-0.39, 0.29) is 0 Å². The lowest BCUT2D eigenvalue weighted by Crippen LogP contribution is -2.12. The van der Waals surface area contributed by atoms with Gasteiger partial charge in [0.2, 0.25) is 0 Å². The summed E-state index contributed by atoms with van der Waals surface area (Å²) in [4.78, 5) is 4.29. The Balaban J connectivity index is 2.63. The molecule has 0 bridgehead atoms. The van der Waals surface area contributed by atoms with E-state index in [0.717, 1.165) is 31.8 Å². The van der Waals surface area contributed by atoms with Crippen molar-refractivity contribution in [2.45, 2.75) is 32.9 Å². The second-order valence-electron chi connectivity index (χ2n) is 3.29. The van der Waals surface area contributed by atoms with E-state index < -0.39 is 0 Å². The molecule has 0 amide bonds. The monoisotopic (exact) mass is 191 g/mol. The average molecular weight is 191 g/mol. The van der Waals surface area contributed by atoms with Crippen LogP contribution in [-0.2, 0) is 13.1 Å². The van der Waals surface area contributed by atoms with Crippen LogP contribution in [0.15, 0.2) is 6.20 Å². The second-order valence-corrected chi connectivity index (χ2v) is 3.29. The van der Waals surface area contributed by atoms with E-state index in [1.807, 2.05) is 20.2 Å². The number of unbranched alkanes of at least 4 members (excludes halogenated alkanes) is 1. The molecule has 76 valence electrons. The first-order valence-electron chi connectivity index (χ1n) is 4.88. The highest BCUT2D eigenvalue weighted by molar-refractivity contribution is 5.04. The second kappa shape index (κ2) is 5.46. The van der Waals surface area contributed by atoms with Gasteiger partial charge in [-0.25, -0.2) is 4.98 Å². The van der Waals surface area contributed by atoms with Crippen LogP contribution >= 0.6 is 0 Å². The molecule has 1 rings (SSSR count). The van der Waals surface area contributed by atoms with Gasteiger partial charge in [-0.05, 0) is 20.4 Å². The molecule has 0 radical (unpaired) electrons. The molecule has 0 unspecified atom stereocenters. The minimum absolute atomic E-state index is 0.830. The molecule has 1 heterocycles. The van der Waals surface area contributed by atoms with E-state index in [4.69, 9.17) is 6.42 Å². The van der Waals surface area contributed by atoms with Crippen LogP contribution in [0.25, 0.3) is 0 Å². The van der Waals surface area contributed by atoms with Crippen molar-refractivity contribution in [2.75, 3.05) is 7.05 Å². The van der Waals surface area contributed by atoms with Crippen molar-refractivity contribution < 1.29 is 0 Å². The summed E-state index contributed by atoms with van der Waals surface area (Å²) in [5.74, 6) is 3.71. The smallest absolute Gasteiger partial charge is 0.105 e. The highest BCUT2D eigenvalue weighted by Crippen LogP contribution is 2.06. The molecule has 0 aliphatic carbocycles. The van der Waals surface area contributed by atoms with Gasteiger partial charge >= 0.3 is 0 Å². The van der Waals surface area contributed by atoms with Crippen LogP contribution in [0.1, 0.15) is 24.4 Å². The molecule has 0 aliphatic heterocycles. The van der Waals surface area contributed by atoms with Gasteiger partial charge in [0.25, 0.3) is 0 Å². The largest absolute Gasteiger partial charge is 0.331 e. The van der Waals surface area contributed by atoms with E-state index in [1.165, 1.54) is 5.69 Å². The van der Waals surface area contributed by atoms with E-state index in [0.29, 0.717) is 0 Å². The maximum atomic E-state index is 5.22. The first-order chi connectivity index (χ1) is 6.79. The normalized spacial score (nSPS) is 10.1. The van der Waals surface area contributed by atoms with E-state index >= 15 is 0 Å². The molecule has 0 atom stereocenters. The predicted octanol–water partition coefficient (Wildman–Crippen LogP) is 1.32. The summed E-state index contributed by atoms with van der Waals surface area (Å²) in [7, 11) is 1.94. The Labute approximate surface area is 85.5 Å². The van der Waals surface area contributed by atoms with Crippen LogP contribution in [0.5, 0.6) is 0 Å². The Hall–Kier alpha value is -1.27. The Kier molecular flexibility index (Phi) is 4.21. The minimum atomic E-state index is 0.830.